The Morgan fingerprint density at radius 1 is 1.25 bits per heavy atom. The van der Waals surface area contributed by atoms with Crippen LogP contribution in [-0.2, 0) is 4.79 Å². The fourth-order valence-electron chi connectivity index (χ4n) is 1.46. The van der Waals surface area contributed by atoms with E-state index in [0.29, 0.717) is 18.1 Å². The predicted molar refractivity (Wildman–Crippen MR) is 65.8 cm³/mol. The predicted octanol–water partition coefficient (Wildman–Crippen LogP) is 2.44. The van der Waals surface area contributed by atoms with Crippen LogP contribution in [0.3, 0.4) is 0 Å². The summed E-state index contributed by atoms with van der Waals surface area (Å²) >= 11 is 0. The number of hydrogen-bond acceptors (Lipinski definition) is 2. The fraction of sp³-hybridized carbons (Fsp3) is 0.385. The molecule has 0 aromatic heterocycles. The second-order valence-electron chi connectivity index (χ2n) is 4.22. The lowest BCUT2D eigenvalue weighted by atomic mass is 9.99. The summed E-state index contributed by atoms with van der Waals surface area (Å²) in [6.45, 7) is 4.26. The number of carbonyl (C=O) groups excluding carboxylic acids is 1. The number of benzene rings is 1. The normalized spacial score (nSPS) is 10.4. The molecule has 0 atom stereocenters. The third-order valence-electron chi connectivity index (χ3n) is 2.55. The molecule has 0 heterocycles. The first kappa shape index (κ1) is 12.4. The third kappa shape index (κ3) is 3.50. The van der Waals surface area contributed by atoms with Crippen LogP contribution in [-0.4, -0.2) is 11.6 Å². The molecule has 16 heavy (non-hydrogen) atoms. The van der Waals surface area contributed by atoms with E-state index in [4.69, 9.17) is 11.1 Å². The molecule has 0 aliphatic carbocycles. The van der Waals surface area contributed by atoms with Crippen LogP contribution in [0.15, 0.2) is 24.3 Å². The maximum Gasteiger partial charge on any atom is 0.217 e. The van der Waals surface area contributed by atoms with Crippen LogP contribution in [0.5, 0.6) is 0 Å². The molecule has 0 fully saturated rings. The molecule has 3 N–H and O–H groups in total. The van der Waals surface area contributed by atoms with Crippen molar-refractivity contribution in [3.8, 4) is 0 Å². The zero-order chi connectivity index (χ0) is 12.1. The van der Waals surface area contributed by atoms with E-state index < -0.39 is 0 Å². The highest BCUT2D eigenvalue weighted by Gasteiger charge is 2.04. The molecule has 1 aromatic rings. The average molecular weight is 218 g/mol. The Morgan fingerprint density at radius 2 is 1.81 bits per heavy atom. The van der Waals surface area contributed by atoms with Gasteiger partial charge in [-0.1, -0.05) is 38.1 Å². The number of nitrogens with two attached hydrogens (primary N) is 1. The van der Waals surface area contributed by atoms with Crippen molar-refractivity contribution in [2.75, 3.05) is 0 Å². The summed E-state index contributed by atoms with van der Waals surface area (Å²) < 4.78 is 0. The van der Waals surface area contributed by atoms with Gasteiger partial charge < -0.3 is 11.1 Å². The summed E-state index contributed by atoms with van der Waals surface area (Å²) in [6, 6.07) is 7.91. The maximum absolute atomic E-state index is 10.6. The summed E-state index contributed by atoms with van der Waals surface area (Å²) in [7, 11) is 0. The highest BCUT2D eigenvalue weighted by Crippen LogP contribution is 2.15. The molecule has 1 aromatic carbocycles. The van der Waals surface area contributed by atoms with Gasteiger partial charge in [-0.2, -0.15) is 0 Å². The van der Waals surface area contributed by atoms with Gasteiger partial charge in [0.25, 0.3) is 0 Å². The molecule has 1 rings (SSSR count). The van der Waals surface area contributed by atoms with Crippen molar-refractivity contribution in [3.63, 3.8) is 0 Å². The average Bonchev–Trinajstić information content (AvgIpc) is 2.26. The lowest BCUT2D eigenvalue weighted by Gasteiger charge is -2.07. The standard InChI is InChI=1S/C13H18N2O/c1-9(2)10-3-5-11(6-4-10)12(14)7-8-13(15)16/h3-6,9,14H,7-8H2,1-2H3,(H2,15,16). The van der Waals surface area contributed by atoms with Crippen molar-refractivity contribution >= 4 is 11.6 Å². The zero-order valence-corrected chi connectivity index (χ0v) is 9.79. The van der Waals surface area contributed by atoms with E-state index in [1.165, 1.54) is 5.56 Å². The van der Waals surface area contributed by atoms with E-state index in [1.54, 1.807) is 0 Å². The molecule has 0 bridgehead atoms. The van der Waals surface area contributed by atoms with Gasteiger partial charge >= 0.3 is 0 Å². The highest BCUT2D eigenvalue weighted by atomic mass is 16.1. The number of rotatable bonds is 5. The molecule has 0 aliphatic heterocycles. The van der Waals surface area contributed by atoms with Gasteiger partial charge in [0.15, 0.2) is 0 Å². The van der Waals surface area contributed by atoms with Crippen LogP contribution in [0, 0.1) is 5.41 Å². The third-order valence-corrected chi connectivity index (χ3v) is 2.55. The van der Waals surface area contributed by atoms with Crippen molar-refractivity contribution < 1.29 is 4.79 Å². The van der Waals surface area contributed by atoms with Crippen molar-refractivity contribution in [1.29, 1.82) is 5.41 Å². The summed E-state index contributed by atoms with van der Waals surface area (Å²) in [5.41, 5.74) is 7.64. The minimum atomic E-state index is -0.358. The molecule has 0 radical (unpaired) electrons. The van der Waals surface area contributed by atoms with Gasteiger partial charge in [0.05, 0.1) is 0 Å². The first-order valence-corrected chi connectivity index (χ1v) is 5.46. The molecular formula is C13H18N2O. The molecule has 0 spiro atoms. The van der Waals surface area contributed by atoms with Crippen molar-refractivity contribution in [2.24, 2.45) is 5.73 Å². The Bertz CT molecular complexity index is 379. The van der Waals surface area contributed by atoms with Crippen molar-refractivity contribution in [2.45, 2.75) is 32.6 Å². The quantitative estimate of drug-likeness (QED) is 0.732. The molecule has 0 saturated carbocycles. The molecule has 1 amide bonds. The van der Waals surface area contributed by atoms with Crippen molar-refractivity contribution in [3.05, 3.63) is 35.4 Å². The Hall–Kier alpha value is -1.64. The maximum atomic E-state index is 10.6. The van der Waals surface area contributed by atoms with E-state index in [1.807, 2.05) is 24.3 Å². The zero-order valence-electron chi connectivity index (χ0n) is 9.79. The van der Waals surface area contributed by atoms with Gasteiger partial charge in [0, 0.05) is 12.1 Å². The van der Waals surface area contributed by atoms with E-state index in [0.717, 1.165) is 5.56 Å². The van der Waals surface area contributed by atoms with Crippen LogP contribution in [0.2, 0.25) is 0 Å². The molecule has 86 valence electrons. The molecule has 3 heteroatoms. The molecular weight excluding hydrogens is 200 g/mol. The van der Waals surface area contributed by atoms with Gasteiger partial charge in [0.1, 0.15) is 0 Å². The first-order valence-electron chi connectivity index (χ1n) is 5.46. The van der Waals surface area contributed by atoms with Gasteiger partial charge in [0.2, 0.25) is 5.91 Å². The Labute approximate surface area is 96.2 Å². The van der Waals surface area contributed by atoms with Gasteiger partial charge in [-0.15, -0.1) is 0 Å². The topological polar surface area (TPSA) is 66.9 Å². The van der Waals surface area contributed by atoms with Gasteiger partial charge in [-0.25, -0.2) is 0 Å². The lowest BCUT2D eigenvalue weighted by molar-refractivity contribution is -0.117. The summed E-state index contributed by atoms with van der Waals surface area (Å²) in [6.07, 6.45) is 0.654. The minimum absolute atomic E-state index is 0.241. The Morgan fingerprint density at radius 3 is 2.25 bits per heavy atom. The van der Waals surface area contributed by atoms with E-state index >= 15 is 0 Å². The smallest absolute Gasteiger partial charge is 0.217 e. The number of primary amides is 1. The molecule has 0 unspecified atom stereocenters. The number of carbonyl (C=O) groups is 1. The summed E-state index contributed by atoms with van der Waals surface area (Å²) in [5, 5.41) is 7.79. The SMILES string of the molecule is CC(C)c1ccc(C(=N)CCC(N)=O)cc1. The Balaban J connectivity index is 2.66. The number of nitrogens with one attached hydrogen (secondary N) is 1. The van der Waals surface area contributed by atoms with Crippen LogP contribution in [0.4, 0.5) is 0 Å². The summed E-state index contributed by atoms with van der Waals surface area (Å²) in [4.78, 5) is 10.6. The fourth-order valence-corrected chi connectivity index (χ4v) is 1.46. The van der Waals surface area contributed by atoms with E-state index in [2.05, 4.69) is 13.8 Å². The second-order valence-corrected chi connectivity index (χ2v) is 4.22. The molecule has 0 saturated heterocycles. The largest absolute Gasteiger partial charge is 0.370 e. The van der Waals surface area contributed by atoms with Crippen LogP contribution in [0.1, 0.15) is 43.7 Å². The van der Waals surface area contributed by atoms with Crippen molar-refractivity contribution in [1.82, 2.24) is 0 Å². The number of amides is 1. The first-order chi connectivity index (χ1) is 7.50. The Kier molecular flexibility index (Phi) is 4.23. The second kappa shape index (κ2) is 5.45. The molecule has 0 aliphatic rings. The lowest BCUT2D eigenvalue weighted by Crippen LogP contribution is -2.12. The van der Waals surface area contributed by atoms with Gasteiger partial charge in [-0.05, 0) is 23.5 Å². The number of hydrogen-bond donors (Lipinski definition) is 2. The van der Waals surface area contributed by atoms with E-state index in [9.17, 15) is 4.79 Å². The van der Waals surface area contributed by atoms with E-state index in [-0.39, 0.29) is 12.3 Å². The highest BCUT2D eigenvalue weighted by molar-refractivity contribution is 5.99. The van der Waals surface area contributed by atoms with Crippen LogP contribution < -0.4 is 5.73 Å². The minimum Gasteiger partial charge on any atom is -0.370 e. The monoisotopic (exact) mass is 218 g/mol. The van der Waals surface area contributed by atoms with Gasteiger partial charge in [-0.3, -0.25) is 4.79 Å². The van der Waals surface area contributed by atoms with Crippen LogP contribution in [0.25, 0.3) is 0 Å². The van der Waals surface area contributed by atoms with Crippen LogP contribution >= 0.6 is 0 Å². The summed E-state index contributed by atoms with van der Waals surface area (Å²) in [5.74, 6) is 0.136. The molecule has 3 nitrogen and oxygen atoms in total.